The van der Waals surface area contributed by atoms with Gasteiger partial charge in [0.15, 0.2) is 6.29 Å². The zero-order chi connectivity index (χ0) is 16.9. The van der Waals surface area contributed by atoms with Gasteiger partial charge in [0.2, 0.25) is 0 Å². The van der Waals surface area contributed by atoms with E-state index in [0.717, 1.165) is 24.3 Å². The first kappa shape index (κ1) is 18.7. The number of hydrogen-bond acceptors (Lipinski definition) is 6. The fraction of sp³-hybridized carbons (Fsp3) is 0.812. The molecule has 0 aliphatic carbocycles. The first-order valence-corrected chi connectivity index (χ1v) is 8.86. The van der Waals surface area contributed by atoms with Gasteiger partial charge in [-0.1, -0.05) is 0 Å². The Morgan fingerprint density at radius 1 is 1.39 bits per heavy atom. The Kier molecular flexibility index (Phi) is 6.50. The molecule has 2 heterocycles. The van der Waals surface area contributed by atoms with Gasteiger partial charge in [-0.3, -0.25) is 4.68 Å². The molecule has 132 valence electrons. The second-order valence-corrected chi connectivity index (χ2v) is 7.65. The van der Waals surface area contributed by atoms with E-state index in [2.05, 4.69) is 5.10 Å². The van der Waals surface area contributed by atoms with Crippen molar-refractivity contribution in [1.82, 2.24) is 9.78 Å². The highest BCUT2D eigenvalue weighted by molar-refractivity contribution is 7.94. The quantitative estimate of drug-likeness (QED) is 0.731. The molecule has 6 nitrogen and oxygen atoms in total. The Labute approximate surface area is 142 Å². The van der Waals surface area contributed by atoms with Gasteiger partial charge in [0, 0.05) is 24.8 Å². The standard InChI is InChI=1S/C16H28N2O4S/c1-15(2,19)16(3,4)22-23-13-11-17-18(12-13)8-10-21-14-7-5-6-9-20-14/h11-12,14,19H,5-10H2,1-4H3. The van der Waals surface area contributed by atoms with Gasteiger partial charge >= 0.3 is 0 Å². The van der Waals surface area contributed by atoms with Crippen molar-refractivity contribution in [2.24, 2.45) is 0 Å². The topological polar surface area (TPSA) is 65.7 Å². The van der Waals surface area contributed by atoms with Crippen LogP contribution < -0.4 is 0 Å². The molecule has 1 fully saturated rings. The van der Waals surface area contributed by atoms with E-state index in [9.17, 15) is 5.11 Å². The van der Waals surface area contributed by atoms with Gasteiger partial charge in [0.1, 0.15) is 5.60 Å². The number of nitrogens with zero attached hydrogens (tertiary/aromatic N) is 2. The highest BCUT2D eigenvalue weighted by atomic mass is 32.2. The van der Waals surface area contributed by atoms with Crippen molar-refractivity contribution in [2.75, 3.05) is 13.2 Å². The average molecular weight is 344 g/mol. The molecule has 1 aromatic rings. The molecule has 0 aromatic carbocycles. The first-order valence-electron chi connectivity index (χ1n) is 8.12. The zero-order valence-corrected chi connectivity index (χ0v) is 15.3. The van der Waals surface area contributed by atoms with Crippen LogP contribution in [0.5, 0.6) is 0 Å². The highest BCUT2D eigenvalue weighted by Crippen LogP contribution is 2.32. The second kappa shape index (κ2) is 7.98. The van der Waals surface area contributed by atoms with Crippen LogP contribution >= 0.6 is 12.0 Å². The summed E-state index contributed by atoms with van der Waals surface area (Å²) in [6.45, 7) is 9.25. The van der Waals surface area contributed by atoms with Crippen molar-refractivity contribution in [1.29, 1.82) is 0 Å². The Hall–Kier alpha value is -0.600. The molecule has 1 N–H and O–H groups in total. The number of rotatable bonds is 8. The summed E-state index contributed by atoms with van der Waals surface area (Å²) in [4.78, 5) is 0.899. The lowest BCUT2D eigenvalue weighted by Gasteiger charge is -2.35. The lowest BCUT2D eigenvalue weighted by Crippen LogP contribution is -2.45. The lowest BCUT2D eigenvalue weighted by atomic mass is 9.90. The van der Waals surface area contributed by atoms with Crippen LogP contribution in [0.1, 0.15) is 47.0 Å². The third-order valence-corrected chi connectivity index (χ3v) is 5.09. The van der Waals surface area contributed by atoms with Crippen molar-refractivity contribution >= 4 is 12.0 Å². The molecular weight excluding hydrogens is 316 g/mol. The Morgan fingerprint density at radius 3 is 2.83 bits per heavy atom. The van der Waals surface area contributed by atoms with Gasteiger partial charge in [-0.25, -0.2) is 0 Å². The molecule has 1 saturated heterocycles. The number of aromatic nitrogens is 2. The summed E-state index contributed by atoms with van der Waals surface area (Å²) in [5, 5.41) is 14.4. The molecule has 1 aromatic heterocycles. The molecule has 7 heteroatoms. The Morgan fingerprint density at radius 2 is 2.17 bits per heavy atom. The lowest BCUT2D eigenvalue weighted by molar-refractivity contribution is -0.163. The summed E-state index contributed by atoms with van der Waals surface area (Å²) >= 11 is 1.23. The minimum Gasteiger partial charge on any atom is -0.387 e. The van der Waals surface area contributed by atoms with E-state index in [1.54, 1.807) is 20.0 Å². The molecule has 23 heavy (non-hydrogen) atoms. The van der Waals surface area contributed by atoms with Gasteiger partial charge in [0.05, 0.1) is 29.8 Å². The van der Waals surface area contributed by atoms with Crippen LogP contribution in [-0.4, -0.2) is 45.6 Å². The maximum Gasteiger partial charge on any atom is 0.157 e. The van der Waals surface area contributed by atoms with Gasteiger partial charge in [-0.05, 0) is 47.0 Å². The second-order valence-electron chi connectivity index (χ2n) is 6.84. The molecule has 0 amide bonds. The van der Waals surface area contributed by atoms with E-state index in [0.29, 0.717) is 13.2 Å². The van der Waals surface area contributed by atoms with E-state index in [1.165, 1.54) is 18.5 Å². The van der Waals surface area contributed by atoms with Crippen LogP contribution in [0.2, 0.25) is 0 Å². The third kappa shape index (κ3) is 5.76. The normalized spacial score (nSPS) is 20.0. The van der Waals surface area contributed by atoms with Crippen LogP contribution in [0.3, 0.4) is 0 Å². The molecule has 0 radical (unpaired) electrons. The fourth-order valence-electron chi connectivity index (χ4n) is 1.88. The van der Waals surface area contributed by atoms with Crippen molar-refractivity contribution in [3.05, 3.63) is 12.4 Å². The Bertz CT molecular complexity index is 479. The van der Waals surface area contributed by atoms with Crippen molar-refractivity contribution in [2.45, 2.75) is 75.9 Å². The minimum absolute atomic E-state index is 0.0657. The number of hydrogen-bond donors (Lipinski definition) is 1. The molecule has 2 rings (SSSR count). The summed E-state index contributed by atoms with van der Waals surface area (Å²) in [6, 6.07) is 0. The smallest absolute Gasteiger partial charge is 0.157 e. The van der Waals surface area contributed by atoms with Gasteiger partial charge < -0.3 is 18.8 Å². The van der Waals surface area contributed by atoms with Crippen molar-refractivity contribution in [3.8, 4) is 0 Å². The molecule has 0 saturated carbocycles. The van der Waals surface area contributed by atoms with E-state index < -0.39 is 11.2 Å². The first-order chi connectivity index (χ1) is 10.8. The predicted octanol–water partition coefficient (Wildman–Crippen LogP) is 3.00. The monoisotopic (exact) mass is 344 g/mol. The molecule has 0 spiro atoms. The molecule has 1 aliphatic rings. The predicted molar refractivity (Wildman–Crippen MR) is 89.1 cm³/mol. The van der Waals surface area contributed by atoms with Crippen LogP contribution in [0.25, 0.3) is 0 Å². The van der Waals surface area contributed by atoms with E-state index in [4.69, 9.17) is 13.7 Å². The maximum atomic E-state index is 10.1. The summed E-state index contributed by atoms with van der Waals surface area (Å²) in [7, 11) is 0. The zero-order valence-electron chi connectivity index (χ0n) is 14.4. The number of ether oxygens (including phenoxy) is 2. The third-order valence-electron chi connectivity index (χ3n) is 4.19. The molecule has 1 aliphatic heterocycles. The average Bonchev–Trinajstić information content (AvgIpc) is 2.93. The summed E-state index contributed by atoms with van der Waals surface area (Å²) in [5.74, 6) is 0. The minimum atomic E-state index is -0.927. The van der Waals surface area contributed by atoms with Crippen LogP contribution in [0.15, 0.2) is 17.3 Å². The van der Waals surface area contributed by atoms with Gasteiger partial charge in [-0.2, -0.15) is 5.10 Å². The molecule has 1 atom stereocenters. The van der Waals surface area contributed by atoms with E-state index in [1.807, 2.05) is 24.7 Å². The van der Waals surface area contributed by atoms with Crippen LogP contribution in [-0.2, 0) is 20.2 Å². The Balaban J connectivity index is 1.72. The SMILES string of the molecule is CC(C)(O)C(C)(C)OSc1cnn(CCOC2CCCCO2)c1. The molecule has 0 bridgehead atoms. The molecular formula is C16H28N2O4S. The van der Waals surface area contributed by atoms with Crippen molar-refractivity contribution in [3.63, 3.8) is 0 Å². The van der Waals surface area contributed by atoms with Gasteiger partial charge in [-0.15, -0.1) is 0 Å². The number of aliphatic hydroxyl groups is 1. The van der Waals surface area contributed by atoms with Gasteiger partial charge in [0.25, 0.3) is 0 Å². The van der Waals surface area contributed by atoms with Crippen molar-refractivity contribution < 1.29 is 18.8 Å². The molecule has 1 unspecified atom stereocenters. The van der Waals surface area contributed by atoms with E-state index in [-0.39, 0.29) is 6.29 Å². The van der Waals surface area contributed by atoms with E-state index >= 15 is 0 Å². The van der Waals surface area contributed by atoms with Crippen LogP contribution in [0.4, 0.5) is 0 Å². The fourth-order valence-corrected chi connectivity index (χ4v) is 2.65. The van der Waals surface area contributed by atoms with Crippen LogP contribution in [0, 0.1) is 0 Å². The maximum absolute atomic E-state index is 10.1. The summed E-state index contributed by atoms with van der Waals surface area (Å²) < 4.78 is 18.8. The highest BCUT2D eigenvalue weighted by Gasteiger charge is 2.37. The summed E-state index contributed by atoms with van der Waals surface area (Å²) in [5.41, 5.74) is -1.59. The largest absolute Gasteiger partial charge is 0.387 e. The summed E-state index contributed by atoms with van der Waals surface area (Å²) in [6.07, 6.45) is 6.87.